The first-order valence-corrected chi connectivity index (χ1v) is 7.55. The van der Waals surface area contributed by atoms with E-state index in [1.54, 1.807) is 4.90 Å². The fourth-order valence-corrected chi connectivity index (χ4v) is 2.42. The lowest BCUT2D eigenvalue weighted by Gasteiger charge is -2.20. The molecule has 3 aromatic rings. The zero-order chi connectivity index (χ0) is 16.2. The summed E-state index contributed by atoms with van der Waals surface area (Å²) >= 11 is 0. The zero-order valence-corrected chi connectivity index (χ0v) is 13.2. The van der Waals surface area contributed by atoms with E-state index in [1.165, 1.54) is 11.0 Å². The summed E-state index contributed by atoms with van der Waals surface area (Å²) in [5.41, 5.74) is 3.14. The second-order valence-corrected chi connectivity index (χ2v) is 5.24. The molecule has 0 aliphatic heterocycles. The van der Waals surface area contributed by atoms with Crippen LogP contribution in [0.1, 0.15) is 23.0 Å². The van der Waals surface area contributed by atoms with E-state index in [9.17, 15) is 4.79 Å². The number of para-hydroxylation sites is 1. The molecule has 1 aromatic heterocycles. The van der Waals surface area contributed by atoms with Crippen LogP contribution in [0.15, 0.2) is 60.8 Å². The lowest BCUT2D eigenvalue weighted by Crippen LogP contribution is -2.31. The van der Waals surface area contributed by atoms with E-state index in [2.05, 4.69) is 10.2 Å². The van der Waals surface area contributed by atoms with Crippen LogP contribution in [0.2, 0.25) is 0 Å². The topological polar surface area (TPSA) is 51.0 Å². The molecular formula is C18H18N4O. The largest absolute Gasteiger partial charge is 0.307 e. The van der Waals surface area contributed by atoms with Gasteiger partial charge in [0.05, 0.1) is 11.9 Å². The van der Waals surface area contributed by atoms with Crippen LogP contribution in [0.25, 0.3) is 5.69 Å². The first-order valence-electron chi connectivity index (χ1n) is 7.55. The summed E-state index contributed by atoms with van der Waals surface area (Å²) in [6, 6.07) is 17.4. The number of hydrogen-bond donors (Lipinski definition) is 0. The van der Waals surface area contributed by atoms with Crippen molar-refractivity contribution in [3.05, 3.63) is 72.1 Å². The molecular weight excluding hydrogens is 288 g/mol. The number of aromatic nitrogens is 3. The summed E-state index contributed by atoms with van der Waals surface area (Å²) in [6.07, 6.45) is 1.51. The van der Waals surface area contributed by atoms with Crippen molar-refractivity contribution in [3.8, 4) is 5.69 Å². The van der Waals surface area contributed by atoms with Crippen LogP contribution in [0.3, 0.4) is 0 Å². The SMILES string of the molecule is CCN(C(=O)c1cnn(-c2ccccc2)n1)c1cccc(C)c1. The van der Waals surface area contributed by atoms with Crippen molar-refractivity contribution in [1.82, 2.24) is 15.0 Å². The Balaban J connectivity index is 1.89. The summed E-state index contributed by atoms with van der Waals surface area (Å²) in [6.45, 7) is 4.52. The highest BCUT2D eigenvalue weighted by Gasteiger charge is 2.19. The van der Waals surface area contributed by atoms with Gasteiger partial charge in [0, 0.05) is 12.2 Å². The van der Waals surface area contributed by atoms with Crippen LogP contribution < -0.4 is 4.90 Å². The van der Waals surface area contributed by atoms with E-state index in [-0.39, 0.29) is 5.91 Å². The molecule has 1 amide bonds. The van der Waals surface area contributed by atoms with E-state index in [4.69, 9.17) is 0 Å². The number of carbonyl (C=O) groups excluding carboxylic acids is 1. The van der Waals surface area contributed by atoms with Crippen LogP contribution in [0.5, 0.6) is 0 Å². The predicted molar refractivity (Wildman–Crippen MR) is 89.9 cm³/mol. The zero-order valence-electron chi connectivity index (χ0n) is 13.2. The van der Waals surface area contributed by atoms with E-state index >= 15 is 0 Å². The van der Waals surface area contributed by atoms with E-state index in [1.807, 2.05) is 68.4 Å². The molecule has 5 heteroatoms. The summed E-state index contributed by atoms with van der Waals surface area (Å²) in [4.78, 5) is 15.9. The normalized spacial score (nSPS) is 10.5. The molecule has 0 fully saturated rings. The van der Waals surface area contributed by atoms with Gasteiger partial charge in [-0.1, -0.05) is 30.3 Å². The van der Waals surface area contributed by atoms with Gasteiger partial charge in [-0.25, -0.2) is 0 Å². The van der Waals surface area contributed by atoms with Crippen LogP contribution in [0.4, 0.5) is 5.69 Å². The summed E-state index contributed by atoms with van der Waals surface area (Å²) in [5.74, 6) is -0.153. The van der Waals surface area contributed by atoms with Crippen LogP contribution in [-0.2, 0) is 0 Å². The lowest BCUT2D eigenvalue weighted by atomic mass is 10.2. The average Bonchev–Trinajstić information content (AvgIpc) is 3.06. The molecule has 116 valence electrons. The lowest BCUT2D eigenvalue weighted by molar-refractivity contribution is 0.0983. The standard InChI is InChI=1S/C18H18N4O/c1-3-21(16-11-7-8-14(2)12-16)18(23)17-13-19-22(20-17)15-9-5-4-6-10-15/h4-13H,3H2,1-2H3. The third-order valence-electron chi connectivity index (χ3n) is 3.57. The Morgan fingerprint density at radius 3 is 2.61 bits per heavy atom. The maximum Gasteiger partial charge on any atom is 0.280 e. The molecule has 23 heavy (non-hydrogen) atoms. The van der Waals surface area contributed by atoms with Crippen molar-refractivity contribution >= 4 is 11.6 Å². The van der Waals surface area contributed by atoms with Gasteiger partial charge in [-0.2, -0.15) is 9.90 Å². The summed E-state index contributed by atoms with van der Waals surface area (Å²) < 4.78 is 0. The maximum atomic E-state index is 12.7. The predicted octanol–water partition coefficient (Wildman–Crippen LogP) is 3.24. The van der Waals surface area contributed by atoms with Gasteiger partial charge in [0.2, 0.25) is 0 Å². The number of aryl methyl sites for hydroxylation is 1. The second kappa shape index (κ2) is 6.44. The molecule has 0 N–H and O–H groups in total. The second-order valence-electron chi connectivity index (χ2n) is 5.24. The van der Waals surface area contributed by atoms with Gasteiger partial charge in [-0.15, -0.1) is 5.10 Å². The van der Waals surface area contributed by atoms with E-state index < -0.39 is 0 Å². The Hall–Kier alpha value is -2.95. The Morgan fingerprint density at radius 1 is 1.13 bits per heavy atom. The molecule has 0 atom stereocenters. The van der Waals surface area contributed by atoms with Gasteiger partial charge in [-0.3, -0.25) is 4.79 Å². The fourth-order valence-electron chi connectivity index (χ4n) is 2.42. The van der Waals surface area contributed by atoms with Crippen LogP contribution in [-0.4, -0.2) is 27.4 Å². The van der Waals surface area contributed by atoms with Gasteiger partial charge in [-0.05, 0) is 43.7 Å². The third-order valence-corrected chi connectivity index (χ3v) is 3.57. The maximum absolute atomic E-state index is 12.7. The van der Waals surface area contributed by atoms with Crippen LogP contribution in [0, 0.1) is 6.92 Å². The van der Waals surface area contributed by atoms with E-state index in [0.717, 1.165) is 16.9 Å². The molecule has 2 aromatic carbocycles. The van der Waals surface area contributed by atoms with Crippen molar-refractivity contribution in [2.75, 3.05) is 11.4 Å². The highest BCUT2D eigenvalue weighted by Crippen LogP contribution is 2.18. The van der Waals surface area contributed by atoms with Gasteiger partial charge in [0.1, 0.15) is 0 Å². The monoisotopic (exact) mass is 306 g/mol. The number of nitrogens with zero attached hydrogens (tertiary/aromatic N) is 4. The molecule has 0 unspecified atom stereocenters. The Labute approximate surface area is 135 Å². The highest BCUT2D eigenvalue weighted by atomic mass is 16.2. The molecule has 0 saturated carbocycles. The van der Waals surface area contributed by atoms with Crippen LogP contribution >= 0.6 is 0 Å². The molecule has 0 aliphatic carbocycles. The molecule has 0 bridgehead atoms. The van der Waals surface area contributed by atoms with Crippen molar-refractivity contribution in [1.29, 1.82) is 0 Å². The minimum Gasteiger partial charge on any atom is -0.307 e. The van der Waals surface area contributed by atoms with Gasteiger partial charge in [0.25, 0.3) is 5.91 Å². The quantitative estimate of drug-likeness (QED) is 0.743. The molecule has 1 heterocycles. The number of carbonyl (C=O) groups is 1. The molecule has 0 radical (unpaired) electrons. The van der Waals surface area contributed by atoms with Crippen molar-refractivity contribution in [2.45, 2.75) is 13.8 Å². The minimum absolute atomic E-state index is 0.153. The summed E-state index contributed by atoms with van der Waals surface area (Å²) in [7, 11) is 0. The van der Waals surface area contributed by atoms with Gasteiger partial charge < -0.3 is 4.90 Å². The number of rotatable bonds is 4. The molecule has 0 spiro atoms. The number of hydrogen-bond acceptors (Lipinski definition) is 3. The Kier molecular flexibility index (Phi) is 4.19. The Bertz CT molecular complexity index is 811. The van der Waals surface area contributed by atoms with Crippen molar-refractivity contribution in [2.24, 2.45) is 0 Å². The van der Waals surface area contributed by atoms with E-state index in [0.29, 0.717) is 12.2 Å². The minimum atomic E-state index is -0.153. The van der Waals surface area contributed by atoms with Crippen molar-refractivity contribution < 1.29 is 4.79 Å². The third kappa shape index (κ3) is 3.13. The Morgan fingerprint density at radius 2 is 1.91 bits per heavy atom. The first-order chi connectivity index (χ1) is 11.2. The molecule has 0 aliphatic rings. The average molecular weight is 306 g/mol. The summed E-state index contributed by atoms with van der Waals surface area (Å²) in [5, 5.41) is 8.51. The highest BCUT2D eigenvalue weighted by molar-refractivity contribution is 6.04. The number of anilines is 1. The molecule has 5 nitrogen and oxygen atoms in total. The smallest absolute Gasteiger partial charge is 0.280 e. The molecule has 0 saturated heterocycles. The fraction of sp³-hybridized carbons (Fsp3) is 0.167. The van der Waals surface area contributed by atoms with Gasteiger partial charge in [0.15, 0.2) is 5.69 Å². The van der Waals surface area contributed by atoms with Gasteiger partial charge >= 0.3 is 0 Å². The first kappa shape index (κ1) is 15.0. The number of amides is 1. The number of benzene rings is 2. The molecule has 3 rings (SSSR count). The van der Waals surface area contributed by atoms with Crippen molar-refractivity contribution in [3.63, 3.8) is 0 Å².